The van der Waals surface area contributed by atoms with Gasteiger partial charge >= 0.3 is 0 Å². The van der Waals surface area contributed by atoms with Crippen molar-refractivity contribution in [2.45, 2.75) is 39.5 Å². The van der Waals surface area contributed by atoms with Gasteiger partial charge in [-0.1, -0.05) is 13.8 Å². The van der Waals surface area contributed by atoms with Crippen molar-refractivity contribution < 1.29 is 0 Å². The van der Waals surface area contributed by atoms with Crippen LogP contribution < -0.4 is 0 Å². The van der Waals surface area contributed by atoms with Gasteiger partial charge in [0.15, 0.2) is 0 Å². The maximum atomic E-state index is 2.34. The van der Waals surface area contributed by atoms with Crippen molar-refractivity contribution in [2.24, 2.45) is 11.8 Å². The lowest BCUT2D eigenvalue weighted by Gasteiger charge is -2.23. The molecule has 0 aromatic carbocycles. The summed E-state index contributed by atoms with van der Waals surface area (Å²) < 4.78 is 0. The van der Waals surface area contributed by atoms with Crippen LogP contribution in [-0.2, 0) is 12.8 Å². The summed E-state index contributed by atoms with van der Waals surface area (Å²) in [7, 11) is 0. The van der Waals surface area contributed by atoms with Gasteiger partial charge in [0.25, 0.3) is 0 Å². The first kappa shape index (κ1) is 9.26. The average Bonchev–Trinajstić information content (AvgIpc) is 2.49. The second-order valence-electron chi connectivity index (χ2n) is 4.61. The zero-order chi connectivity index (χ0) is 9.26. The molecule has 1 aromatic heterocycles. The molecule has 0 spiro atoms. The molecule has 0 saturated heterocycles. The molecule has 72 valence electrons. The molecular weight excluding hydrogens is 176 g/mol. The molecule has 0 fully saturated rings. The lowest BCUT2D eigenvalue weighted by molar-refractivity contribution is 0.372. The van der Waals surface area contributed by atoms with E-state index in [1.165, 1.54) is 25.7 Å². The number of hydrogen-bond donors (Lipinski definition) is 0. The summed E-state index contributed by atoms with van der Waals surface area (Å²) in [5.74, 6) is 1.83. The summed E-state index contributed by atoms with van der Waals surface area (Å²) in [6.07, 6.45) is 5.52. The summed E-state index contributed by atoms with van der Waals surface area (Å²) in [5.41, 5.74) is 1.64. The van der Waals surface area contributed by atoms with Gasteiger partial charge in [-0.25, -0.2) is 0 Å². The predicted molar refractivity (Wildman–Crippen MR) is 59.3 cm³/mol. The van der Waals surface area contributed by atoms with Gasteiger partial charge < -0.3 is 0 Å². The summed E-state index contributed by atoms with van der Waals surface area (Å²) >= 11 is 1.95. The zero-order valence-electron chi connectivity index (χ0n) is 8.55. The van der Waals surface area contributed by atoms with Crippen molar-refractivity contribution in [3.63, 3.8) is 0 Å². The Morgan fingerprint density at radius 2 is 2.38 bits per heavy atom. The van der Waals surface area contributed by atoms with Crippen LogP contribution >= 0.6 is 11.3 Å². The van der Waals surface area contributed by atoms with Crippen molar-refractivity contribution >= 4 is 11.3 Å². The van der Waals surface area contributed by atoms with Crippen LogP contribution in [0.15, 0.2) is 11.4 Å². The fourth-order valence-electron chi connectivity index (χ4n) is 2.38. The first-order chi connectivity index (χ1) is 6.25. The highest BCUT2D eigenvalue weighted by molar-refractivity contribution is 7.10. The molecule has 1 aromatic rings. The fourth-order valence-corrected chi connectivity index (χ4v) is 3.32. The number of rotatable bonds is 2. The second-order valence-corrected chi connectivity index (χ2v) is 5.61. The third-order valence-corrected chi connectivity index (χ3v) is 3.95. The maximum absolute atomic E-state index is 2.34. The van der Waals surface area contributed by atoms with E-state index in [-0.39, 0.29) is 0 Å². The third-order valence-electron chi connectivity index (χ3n) is 2.93. The van der Waals surface area contributed by atoms with E-state index in [1.807, 2.05) is 11.3 Å². The van der Waals surface area contributed by atoms with Gasteiger partial charge in [-0.2, -0.15) is 0 Å². The molecule has 0 bridgehead atoms. The van der Waals surface area contributed by atoms with Crippen LogP contribution in [0.5, 0.6) is 0 Å². The molecule has 0 aliphatic heterocycles. The van der Waals surface area contributed by atoms with E-state index in [0.29, 0.717) is 0 Å². The summed E-state index contributed by atoms with van der Waals surface area (Å²) in [6, 6.07) is 2.33. The molecule has 1 aliphatic rings. The number of hydrogen-bond acceptors (Lipinski definition) is 1. The van der Waals surface area contributed by atoms with Gasteiger partial charge in [0.1, 0.15) is 0 Å². The molecule has 2 rings (SSSR count). The van der Waals surface area contributed by atoms with Crippen LogP contribution in [0.3, 0.4) is 0 Å². The monoisotopic (exact) mass is 194 g/mol. The van der Waals surface area contributed by atoms with Crippen molar-refractivity contribution in [3.8, 4) is 0 Å². The van der Waals surface area contributed by atoms with Gasteiger partial charge in [0.05, 0.1) is 0 Å². The second kappa shape index (κ2) is 3.83. The Labute approximate surface area is 85.0 Å². The normalized spacial score (nSPS) is 21.9. The summed E-state index contributed by atoms with van der Waals surface area (Å²) in [5, 5.41) is 2.25. The highest BCUT2D eigenvalue weighted by Gasteiger charge is 2.19. The Bertz CT molecular complexity index is 272. The van der Waals surface area contributed by atoms with E-state index >= 15 is 0 Å². The highest BCUT2D eigenvalue weighted by atomic mass is 32.1. The van der Waals surface area contributed by atoms with E-state index < -0.39 is 0 Å². The lowest BCUT2D eigenvalue weighted by atomic mass is 9.83. The molecule has 1 unspecified atom stereocenters. The topological polar surface area (TPSA) is 0 Å². The van der Waals surface area contributed by atoms with Gasteiger partial charge in [-0.15, -0.1) is 11.3 Å². The minimum absolute atomic E-state index is 0.866. The quantitative estimate of drug-likeness (QED) is 0.670. The molecule has 1 heteroatoms. The number of thiophene rings is 1. The minimum Gasteiger partial charge on any atom is -0.149 e. The average molecular weight is 194 g/mol. The van der Waals surface area contributed by atoms with Crippen molar-refractivity contribution in [1.29, 1.82) is 0 Å². The van der Waals surface area contributed by atoms with E-state index in [0.717, 1.165) is 11.8 Å². The molecule has 13 heavy (non-hydrogen) atoms. The van der Waals surface area contributed by atoms with E-state index in [9.17, 15) is 0 Å². The Morgan fingerprint density at radius 3 is 3.15 bits per heavy atom. The SMILES string of the molecule is CC(C)CC1CCc2sccc2C1. The standard InChI is InChI=1S/C12H18S/c1-9(2)7-10-3-4-12-11(8-10)5-6-13-12/h5-6,9-10H,3-4,7-8H2,1-2H3. The zero-order valence-corrected chi connectivity index (χ0v) is 9.36. The number of aryl methyl sites for hydroxylation is 1. The van der Waals surface area contributed by atoms with E-state index in [2.05, 4.69) is 25.3 Å². The minimum atomic E-state index is 0.866. The van der Waals surface area contributed by atoms with Crippen LogP contribution in [0.2, 0.25) is 0 Å². The predicted octanol–water partition coefficient (Wildman–Crippen LogP) is 3.90. The largest absolute Gasteiger partial charge is 0.149 e. The summed E-state index contributed by atoms with van der Waals surface area (Å²) in [6.45, 7) is 4.67. The van der Waals surface area contributed by atoms with Crippen molar-refractivity contribution in [2.75, 3.05) is 0 Å². The highest BCUT2D eigenvalue weighted by Crippen LogP contribution is 2.32. The van der Waals surface area contributed by atoms with Crippen LogP contribution in [0.4, 0.5) is 0 Å². The Hall–Kier alpha value is -0.300. The van der Waals surface area contributed by atoms with Crippen molar-refractivity contribution in [1.82, 2.24) is 0 Å². The fraction of sp³-hybridized carbons (Fsp3) is 0.667. The van der Waals surface area contributed by atoms with E-state index in [1.54, 1.807) is 10.4 Å². The van der Waals surface area contributed by atoms with Crippen LogP contribution in [-0.4, -0.2) is 0 Å². The van der Waals surface area contributed by atoms with Crippen LogP contribution in [0.25, 0.3) is 0 Å². The molecule has 0 nitrogen and oxygen atoms in total. The van der Waals surface area contributed by atoms with Crippen LogP contribution in [0, 0.1) is 11.8 Å². The molecule has 0 amide bonds. The smallest absolute Gasteiger partial charge is 0.00774 e. The Balaban J connectivity index is 2.00. The molecule has 0 N–H and O–H groups in total. The lowest BCUT2D eigenvalue weighted by Crippen LogP contribution is -2.14. The number of fused-ring (bicyclic) bond motifs is 1. The van der Waals surface area contributed by atoms with Gasteiger partial charge in [0, 0.05) is 4.88 Å². The molecule has 1 heterocycles. The third kappa shape index (κ3) is 2.14. The first-order valence-electron chi connectivity index (χ1n) is 5.31. The summed E-state index contributed by atoms with van der Waals surface area (Å²) in [4.78, 5) is 1.65. The molecule has 0 saturated carbocycles. The molecule has 1 atom stereocenters. The Morgan fingerprint density at radius 1 is 1.54 bits per heavy atom. The van der Waals surface area contributed by atoms with Gasteiger partial charge in [-0.3, -0.25) is 0 Å². The maximum Gasteiger partial charge on any atom is 0.00774 e. The van der Waals surface area contributed by atoms with E-state index in [4.69, 9.17) is 0 Å². The van der Waals surface area contributed by atoms with Gasteiger partial charge in [-0.05, 0) is 54.5 Å². The molecule has 1 aliphatic carbocycles. The molecule has 0 radical (unpaired) electrons. The van der Waals surface area contributed by atoms with Crippen molar-refractivity contribution in [3.05, 3.63) is 21.9 Å². The van der Waals surface area contributed by atoms with Crippen LogP contribution in [0.1, 0.15) is 37.1 Å². The van der Waals surface area contributed by atoms with Gasteiger partial charge in [0.2, 0.25) is 0 Å². The Kier molecular flexibility index (Phi) is 2.73. The first-order valence-corrected chi connectivity index (χ1v) is 6.19. The molecular formula is C12H18S.